The van der Waals surface area contributed by atoms with E-state index in [2.05, 4.69) is 24.3 Å². The number of benzene rings is 10. The Kier molecular flexibility index (Phi) is 9.83. The van der Waals surface area contributed by atoms with Crippen molar-refractivity contribution >= 4 is 43.1 Å². The lowest BCUT2D eigenvalue weighted by molar-refractivity contribution is -0.110. The van der Waals surface area contributed by atoms with Crippen LogP contribution in [-0.2, 0) is 27.3 Å². The van der Waals surface area contributed by atoms with E-state index in [0.29, 0.717) is 40.2 Å². The van der Waals surface area contributed by atoms with Crippen LogP contribution in [-0.4, -0.2) is 22.4 Å². The molecule has 5 heteroatoms. The summed E-state index contributed by atoms with van der Waals surface area (Å²) in [6.45, 7) is 0.384. The van der Waals surface area contributed by atoms with Gasteiger partial charge < -0.3 is 24.4 Å². The van der Waals surface area contributed by atoms with Crippen molar-refractivity contribution in [1.82, 2.24) is 0 Å². The number of ether oxygens (including phenoxy) is 3. The van der Waals surface area contributed by atoms with Crippen molar-refractivity contribution in [2.24, 2.45) is 0 Å². The van der Waals surface area contributed by atoms with E-state index in [1.807, 2.05) is 200 Å². The van der Waals surface area contributed by atoms with Gasteiger partial charge in [-0.25, -0.2) is 0 Å². The van der Waals surface area contributed by atoms with Crippen molar-refractivity contribution in [3.63, 3.8) is 0 Å². The molecule has 306 valence electrons. The van der Waals surface area contributed by atoms with Crippen LogP contribution in [0.4, 0.5) is 0 Å². The highest BCUT2D eigenvalue weighted by Crippen LogP contribution is 2.52. The molecule has 0 radical (unpaired) electrons. The zero-order valence-corrected chi connectivity index (χ0v) is 34.4. The normalized spacial score (nSPS) is 16.0. The molecule has 0 amide bonds. The van der Waals surface area contributed by atoms with Gasteiger partial charge in [0.15, 0.2) is 6.29 Å². The Morgan fingerprint density at radius 2 is 0.730 bits per heavy atom. The van der Waals surface area contributed by atoms with E-state index in [1.165, 1.54) is 0 Å². The van der Waals surface area contributed by atoms with Gasteiger partial charge in [-0.3, -0.25) is 0 Å². The highest BCUT2D eigenvalue weighted by atomic mass is 16.7. The summed E-state index contributed by atoms with van der Waals surface area (Å²) >= 11 is 0. The van der Waals surface area contributed by atoms with Gasteiger partial charge in [0.1, 0.15) is 35.8 Å². The molecule has 1 heterocycles. The van der Waals surface area contributed by atoms with Gasteiger partial charge >= 0.3 is 0 Å². The summed E-state index contributed by atoms with van der Waals surface area (Å²) in [6.07, 6.45) is -3.37. The Morgan fingerprint density at radius 1 is 0.365 bits per heavy atom. The lowest BCUT2D eigenvalue weighted by atomic mass is 9.71. The fraction of sp³-hybridized carbons (Fsp3) is 0.103. The van der Waals surface area contributed by atoms with E-state index >= 15 is 0 Å². The quantitative estimate of drug-likeness (QED) is 0.144. The molecule has 2 atom stereocenters. The standard InChI is InChI=1S/C58H44O5/c59-57(49-29-25-40-15-4-8-19-44(40)33-49,50-30-26-41-16-5-9-20-45(41)34-50)54-55(63-56(62-54)48-23-12-24-53(37-48)61-38-39-13-2-1-3-14-39)58(60,51-31-27-42-17-6-10-21-46(42)35-51)52-32-28-43-18-7-11-22-47(43)36-52/h1-37,54-56,59-60H,38H2/t54-,55-/m1/s1. The van der Waals surface area contributed by atoms with Crippen LogP contribution in [0.15, 0.2) is 224 Å². The van der Waals surface area contributed by atoms with Gasteiger partial charge in [-0.1, -0.05) is 188 Å². The zero-order valence-electron chi connectivity index (χ0n) is 34.4. The zero-order chi connectivity index (χ0) is 42.4. The number of hydrogen-bond donors (Lipinski definition) is 2. The maximum Gasteiger partial charge on any atom is 0.185 e. The monoisotopic (exact) mass is 820 g/mol. The van der Waals surface area contributed by atoms with Crippen LogP contribution < -0.4 is 4.74 Å². The molecule has 1 fully saturated rings. The minimum atomic E-state index is -1.86. The summed E-state index contributed by atoms with van der Waals surface area (Å²) < 4.78 is 20.8. The van der Waals surface area contributed by atoms with Gasteiger partial charge in [0.25, 0.3) is 0 Å². The highest BCUT2D eigenvalue weighted by molar-refractivity contribution is 5.87. The van der Waals surface area contributed by atoms with Crippen molar-refractivity contribution in [2.45, 2.75) is 36.3 Å². The molecule has 0 spiro atoms. The highest BCUT2D eigenvalue weighted by Gasteiger charge is 2.60. The van der Waals surface area contributed by atoms with Crippen molar-refractivity contribution < 1.29 is 24.4 Å². The van der Waals surface area contributed by atoms with Crippen LogP contribution in [0.25, 0.3) is 43.1 Å². The Hall–Kier alpha value is -7.12. The third-order valence-electron chi connectivity index (χ3n) is 12.8. The van der Waals surface area contributed by atoms with Gasteiger partial charge in [-0.05, 0) is 107 Å². The lowest BCUT2D eigenvalue weighted by Crippen LogP contribution is -2.55. The van der Waals surface area contributed by atoms with Gasteiger partial charge in [0.05, 0.1) is 0 Å². The molecule has 0 aromatic heterocycles. The van der Waals surface area contributed by atoms with Crippen molar-refractivity contribution in [3.8, 4) is 5.75 Å². The maximum absolute atomic E-state index is 14.1. The summed E-state index contributed by atoms with van der Waals surface area (Å²) in [5.74, 6) is 0.641. The summed E-state index contributed by atoms with van der Waals surface area (Å²) in [6, 6.07) is 74.3. The SMILES string of the molecule is OC(c1ccc2ccccc2c1)(c1ccc2ccccc2c1)[C@@H]1OC(c2cccc(OCc3ccccc3)c2)O[C@H]1C(O)(c1ccc2ccccc2c1)c1ccc2ccccc2c1. The van der Waals surface area contributed by atoms with Crippen molar-refractivity contribution in [3.05, 3.63) is 258 Å². The van der Waals surface area contributed by atoms with Crippen LogP contribution in [0.1, 0.15) is 39.7 Å². The molecule has 10 aromatic carbocycles. The molecule has 10 aromatic rings. The number of rotatable bonds is 10. The molecule has 1 aliphatic rings. The Labute approximate surface area is 366 Å². The van der Waals surface area contributed by atoms with Gasteiger partial charge in [-0.2, -0.15) is 0 Å². The average Bonchev–Trinajstić information content (AvgIpc) is 3.82. The molecule has 0 aliphatic carbocycles. The van der Waals surface area contributed by atoms with E-state index in [0.717, 1.165) is 48.7 Å². The Balaban J connectivity index is 1.14. The first-order chi connectivity index (χ1) is 30.9. The second-order valence-electron chi connectivity index (χ2n) is 16.6. The Morgan fingerprint density at radius 3 is 1.13 bits per heavy atom. The molecule has 11 rings (SSSR count). The number of aliphatic hydroxyl groups is 2. The second kappa shape index (κ2) is 16.0. The van der Waals surface area contributed by atoms with Crippen molar-refractivity contribution in [1.29, 1.82) is 0 Å². The van der Waals surface area contributed by atoms with Gasteiger partial charge in [0.2, 0.25) is 0 Å². The average molecular weight is 821 g/mol. The number of fused-ring (bicyclic) bond motifs is 4. The third kappa shape index (κ3) is 7.02. The van der Waals surface area contributed by atoms with Crippen molar-refractivity contribution in [2.75, 3.05) is 0 Å². The van der Waals surface area contributed by atoms with Crippen LogP contribution in [0.5, 0.6) is 5.75 Å². The van der Waals surface area contributed by atoms with E-state index in [4.69, 9.17) is 14.2 Å². The summed E-state index contributed by atoms with van der Waals surface area (Å²) in [4.78, 5) is 0. The summed E-state index contributed by atoms with van der Waals surface area (Å²) in [7, 11) is 0. The van der Waals surface area contributed by atoms with Crippen LogP contribution in [0, 0.1) is 0 Å². The molecule has 0 bridgehead atoms. The first-order valence-corrected chi connectivity index (χ1v) is 21.4. The third-order valence-corrected chi connectivity index (χ3v) is 12.8. The topological polar surface area (TPSA) is 68.2 Å². The number of hydrogen-bond acceptors (Lipinski definition) is 5. The summed E-state index contributed by atoms with van der Waals surface area (Å²) in [5, 5.41) is 36.3. The van der Waals surface area contributed by atoms with E-state index in [-0.39, 0.29) is 0 Å². The minimum absolute atomic E-state index is 0.384. The first kappa shape index (κ1) is 38.8. The summed E-state index contributed by atoms with van der Waals surface area (Å²) in [5.41, 5.74) is 0.428. The predicted octanol–water partition coefficient (Wildman–Crippen LogP) is 12.5. The fourth-order valence-corrected chi connectivity index (χ4v) is 9.42. The smallest absolute Gasteiger partial charge is 0.185 e. The largest absolute Gasteiger partial charge is 0.489 e. The molecule has 1 aliphatic heterocycles. The molecule has 1 saturated heterocycles. The molecule has 0 unspecified atom stereocenters. The minimum Gasteiger partial charge on any atom is -0.489 e. The second-order valence-corrected chi connectivity index (χ2v) is 16.6. The lowest BCUT2D eigenvalue weighted by Gasteiger charge is -2.43. The fourth-order valence-electron chi connectivity index (χ4n) is 9.42. The van der Waals surface area contributed by atoms with E-state index in [9.17, 15) is 10.2 Å². The maximum atomic E-state index is 14.1. The molecule has 2 N–H and O–H groups in total. The van der Waals surface area contributed by atoms with E-state index < -0.39 is 29.7 Å². The molecular formula is C58H44O5. The molecular weight excluding hydrogens is 777 g/mol. The van der Waals surface area contributed by atoms with E-state index in [1.54, 1.807) is 0 Å². The molecule has 63 heavy (non-hydrogen) atoms. The van der Waals surface area contributed by atoms with Crippen LogP contribution in [0.2, 0.25) is 0 Å². The van der Waals surface area contributed by atoms with Crippen LogP contribution >= 0.6 is 0 Å². The predicted molar refractivity (Wildman–Crippen MR) is 251 cm³/mol. The Bertz CT molecular complexity index is 2930. The van der Waals surface area contributed by atoms with Gasteiger partial charge in [-0.15, -0.1) is 0 Å². The van der Waals surface area contributed by atoms with Crippen LogP contribution in [0.3, 0.4) is 0 Å². The van der Waals surface area contributed by atoms with Gasteiger partial charge in [0, 0.05) is 5.56 Å². The molecule has 5 nitrogen and oxygen atoms in total. The molecule has 0 saturated carbocycles. The first-order valence-electron chi connectivity index (χ1n) is 21.4.